The molecule has 7 nitrogen and oxygen atoms in total. The Morgan fingerprint density at radius 3 is 2.24 bits per heavy atom. The standard InChI is InChI=1S/C29H28FN3O4/c1-18-7-5-10-23(15-18)32-25(34)17-24(28(32)37)33(27(36)20-8-6-9-22(30)16-20)31-26(35)19-11-13-21(14-12-19)29(2,3)4/h5-16,24H,17H2,1-4H3,(H,31,35). The number of imide groups is 1. The Kier molecular flexibility index (Phi) is 6.94. The van der Waals surface area contributed by atoms with E-state index in [1.165, 1.54) is 18.2 Å². The molecule has 1 atom stereocenters. The summed E-state index contributed by atoms with van der Waals surface area (Å²) in [6.45, 7) is 7.97. The van der Waals surface area contributed by atoms with E-state index in [0.717, 1.165) is 27.1 Å². The van der Waals surface area contributed by atoms with E-state index in [9.17, 15) is 23.6 Å². The number of anilines is 1. The molecule has 1 heterocycles. The van der Waals surface area contributed by atoms with Gasteiger partial charge in [0.25, 0.3) is 17.7 Å². The van der Waals surface area contributed by atoms with E-state index in [2.05, 4.69) is 5.43 Å². The first-order chi connectivity index (χ1) is 17.5. The van der Waals surface area contributed by atoms with E-state index in [1.54, 1.807) is 30.3 Å². The Balaban J connectivity index is 1.67. The molecule has 0 aromatic heterocycles. The van der Waals surface area contributed by atoms with Crippen LogP contribution in [0.15, 0.2) is 72.8 Å². The summed E-state index contributed by atoms with van der Waals surface area (Å²) in [7, 11) is 0. The molecule has 37 heavy (non-hydrogen) atoms. The fourth-order valence-corrected chi connectivity index (χ4v) is 4.18. The lowest BCUT2D eigenvalue weighted by Gasteiger charge is -2.28. The van der Waals surface area contributed by atoms with Crippen LogP contribution in [0.3, 0.4) is 0 Å². The summed E-state index contributed by atoms with van der Waals surface area (Å²) in [6, 6.07) is 17.4. The Hall–Kier alpha value is -4.33. The maximum absolute atomic E-state index is 13.9. The van der Waals surface area contributed by atoms with Crippen molar-refractivity contribution in [1.82, 2.24) is 10.4 Å². The van der Waals surface area contributed by atoms with Crippen LogP contribution in [0.1, 0.15) is 59.0 Å². The molecule has 3 aromatic rings. The number of hydrogen-bond acceptors (Lipinski definition) is 4. The van der Waals surface area contributed by atoms with Crippen LogP contribution in [-0.4, -0.2) is 34.7 Å². The van der Waals surface area contributed by atoms with E-state index in [0.29, 0.717) is 5.69 Å². The molecular formula is C29H28FN3O4. The van der Waals surface area contributed by atoms with Crippen molar-refractivity contribution < 1.29 is 23.6 Å². The van der Waals surface area contributed by atoms with Gasteiger partial charge in [-0.05, 0) is 65.9 Å². The SMILES string of the molecule is Cc1cccc(N2C(=O)CC(N(NC(=O)c3ccc(C(C)(C)C)cc3)C(=O)c3cccc(F)c3)C2=O)c1. The van der Waals surface area contributed by atoms with E-state index < -0.39 is 35.5 Å². The van der Waals surface area contributed by atoms with E-state index in [4.69, 9.17) is 0 Å². The zero-order valence-electron chi connectivity index (χ0n) is 21.1. The Bertz CT molecular complexity index is 1380. The number of amides is 4. The van der Waals surface area contributed by atoms with Crippen molar-refractivity contribution >= 4 is 29.3 Å². The van der Waals surface area contributed by atoms with Gasteiger partial charge in [0.1, 0.15) is 11.9 Å². The molecule has 1 fully saturated rings. The molecule has 3 aromatic carbocycles. The van der Waals surface area contributed by atoms with Gasteiger partial charge in [0.15, 0.2) is 0 Å². The molecular weight excluding hydrogens is 473 g/mol. The zero-order valence-corrected chi connectivity index (χ0v) is 21.1. The number of aryl methyl sites for hydroxylation is 1. The van der Waals surface area contributed by atoms with Gasteiger partial charge in [0.05, 0.1) is 12.1 Å². The number of hydrogen-bond donors (Lipinski definition) is 1. The topological polar surface area (TPSA) is 86.8 Å². The van der Waals surface area contributed by atoms with Crippen LogP contribution in [0.5, 0.6) is 0 Å². The summed E-state index contributed by atoms with van der Waals surface area (Å²) in [5.74, 6) is -3.27. The molecule has 4 amide bonds. The minimum atomic E-state index is -1.30. The molecule has 0 aliphatic carbocycles. The van der Waals surface area contributed by atoms with E-state index in [-0.39, 0.29) is 23.0 Å². The molecule has 0 spiro atoms. The van der Waals surface area contributed by atoms with E-state index in [1.807, 2.05) is 45.9 Å². The third kappa shape index (κ3) is 5.43. The first-order valence-corrected chi connectivity index (χ1v) is 11.9. The average Bonchev–Trinajstić information content (AvgIpc) is 3.14. The molecule has 1 N–H and O–H groups in total. The molecule has 8 heteroatoms. The van der Waals surface area contributed by atoms with Gasteiger partial charge in [-0.25, -0.2) is 14.3 Å². The summed E-state index contributed by atoms with van der Waals surface area (Å²) in [4.78, 5) is 54.0. The molecule has 4 rings (SSSR count). The average molecular weight is 502 g/mol. The van der Waals surface area contributed by atoms with Crippen LogP contribution in [0.2, 0.25) is 0 Å². The summed E-state index contributed by atoms with van der Waals surface area (Å²) in [5, 5.41) is 0.838. The van der Waals surface area contributed by atoms with Crippen LogP contribution in [0.25, 0.3) is 0 Å². The molecule has 0 bridgehead atoms. The van der Waals surface area contributed by atoms with Crippen molar-refractivity contribution in [3.05, 3.63) is 101 Å². The van der Waals surface area contributed by atoms with Gasteiger partial charge < -0.3 is 0 Å². The smallest absolute Gasteiger partial charge is 0.273 e. The highest BCUT2D eigenvalue weighted by molar-refractivity contribution is 6.23. The molecule has 1 unspecified atom stereocenters. The summed E-state index contributed by atoms with van der Waals surface area (Å²) < 4.78 is 13.9. The second-order valence-electron chi connectivity index (χ2n) is 10.1. The number of carbonyl (C=O) groups is 4. The minimum Gasteiger partial charge on any atom is -0.274 e. The van der Waals surface area contributed by atoms with Crippen molar-refractivity contribution in [3.63, 3.8) is 0 Å². The minimum absolute atomic E-state index is 0.0716. The van der Waals surface area contributed by atoms with Gasteiger partial charge in [-0.3, -0.25) is 24.6 Å². The van der Waals surface area contributed by atoms with Gasteiger partial charge >= 0.3 is 0 Å². The number of nitrogens with zero attached hydrogens (tertiary/aromatic N) is 2. The largest absolute Gasteiger partial charge is 0.274 e. The highest BCUT2D eigenvalue weighted by atomic mass is 19.1. The summed E-state index contributed by atoms with van der Waals surface area (Å²) in [6.07, 6.45) is -0.336. The van der Waals surface area contributed by atoms with Crippen LogP contribution in [0, 0.1) is 12.7 Å². The fraction of sp³-hybridized carbons (Fsp3) is 0.241. The second-order valence-corrected chi connectivity index (χ2v) is 10.1. The third-order valence-corrected chi connectivity index (χ3v) is 6.22. The molecule has 190 valence electrons. The Morgan fingerprint density at radius 1 is 0.946 bits per heavy atom. The quantitative estimate of drug-likeness (QED) is 0.420. The number of benzene rings is 3. The lowest BCUT2D eigenvalue weighted by Crippen LogP contribution is -2.54. The van der Waals surface area contributed by atoms with Crippen molar-refractivity contribution in [2.45, 2.75) is 45.6 Å². The van der Waals surface area contributed by atoms with Crippen molar-refractivity contribution in [3.8, 4) is 0 Å². The lowest BCUT2D eigenvalue weighted by atomic mass is 9.87. The maximum atomic E-state index is 13.9. The van der Waals surface area contributed by atoms with Gasteiger partial charge in [0, 0.05) is 11.1 Å². The fourth-order valence-electron chi connectivity index (χ4n) is 4.18. The predicted molar refractivity (Wildman–Crippen MR) is 137 cm³/mol. The van der Waals surface area contributed by atoms with Crippen LogP contribution in [0.4, 0.5) is 10.1 Å². The highest BCUT2D eigenvalue weighted by Crippen LogP contribution is 2.27. The van der Waals surface area contributed by atoms with Gasteiger partial charge in [-0.2, -0.15) is 0 Å². The van der Waals surface area contributed by atoms with Crippen LogP contribution >= 0.6 is 0 Å². The van der Waals surface area contributed by atoms with Crippen LogP contribution in [-0.2, 0) is 15.0 Å². The molecule has 1 saturated heterocycles. The van der Waals surface area contributed by atoms with Crippen molar-refractivity contribution in [2.24, 2.45) is 0 Å². The maximum Gasteiger partial charge on any atom is 0.273 e. The molecule has 0 saturated carbocycles. The normalized spacial score (nSPS) is 15.6. The number of hydrazine groups is 1. The second kappa shape index (κ2) is 9.97. The molecule has 1 aliphatic heterocycles. The first kappa shape index (κ1) is 25.8. The number of halogens is 1. The predicted octanol–water partition coefficient (Wildman–Crippen LogP) is 4.55. The van der Waals surface area contributed by atoms with Gasteiger partial charge in [-0.1, -0.05) is 51.1 Å². The van der Waals surface area contributed by atoms with Gasteiger partial charge in [0.2, 0.25) is 5.91 Å². The Labute approximate surface area is 214 Å². The number of rotatable bonds is 4. The van der Waals surface area contributed by atoms with Crippen LogP contribution < -0.4 is 10.3 Å². The van der Waals surface area contributed by atoms with Gasteiger partial charge in [-0.15, -0.1) is 0 Å². The number of nitrogens with one attached hydrogen (secondary N) is 1. The molecule has 0 radical (unpaired) electrons. The third-order valence-electron chi connectivity index (χ3n) is 6.22. The first-order valence-electron chi connectivity index (χ1n) is 11.9. The highest BCUT2D eigenvalue weighted by Gasteiger charge is 2.45. The van der Waals surface area contributed by atoms with Crippen molar-refractivity contribution in [1.29, 1.82) is 0 Å². The summed E-state index contributed by atoms with van der Waals surface area (Å²) in [5.41, 5.74) is 4.82. The number of carbonyl (C=O) groups excluding carboxylic acids is 4. The van der Waals surface area contributed by atoms with E-state index >= 15 is 0 Å². The summed E-state index contributed by atoms with van der Waals surface area (Å²) >= 11 is 0. The van der Waals surface area contributed by atoms with Crippen molar-refractivity contribution in [2.75, 3.05) is 4.90 Å². The lowest BCUT2D eigenvalue weighted by molar-refractivity contribution is -0.122. The Morgan fingerprint density at radius 2 is 1.62 bits per heavy atom. The zero-order chi connectivity index (χ0) is 26.9. The monoisotopic (exact) mass is 501 g/mol. The molecule has 1 aliphatic rings.